The first-order valence-electron chi connectivity index (χ1n) is 6.97. The monoisotopic (exact) mass is 350 g/mol. The summed E-state index contributed by atoms with van der Waals surface area (Å²) in [5, 5.41) is 17.0. The summed E-state index contributed by atoms with van der Waals surface area (Å²) in [6.07, 6.45) is 1.08. The average molecular weight is 350 g/mol. The molecule has 0 aliphatic rings. The van der Waals surface area contributed by atoms with Gasteiger partial charge >= 0.3 is 11.8 Å². The van der Waals surface area contributed by atoms with Gasteiger partial charge in [-0.05, 0) is 42.3 Å². The van der Waals surface area contributed by atoms with Crippen LogP contribution >= 0.6 is 23.1 Å². The van der Waals surface area contributed by atoms with Crippen molar-refractivity contribution >= 4 is 40.6 Å². The van der Waals surface area contributed by atoms with Crippen molar-refractivity contribution in [3.8, 4) is 0 Å². The van der Waals surface area contributed by atoms with E-state index < -0.39 is 17.9 Å². The summed E-state index contributed by atoms with van der Waals surface area (Å²) < 4.78 is 0. The van der Waals surface area contributed by atoms with Gasteiger partial charge in [-0.15, -0.1) is 23.1 Å². The predicted octanol–water partition coefficient (Wildman–Crippen LogP) is 2.57. The highest BCUT2D eigenvalue weighted by atomic mass is 32.2. The molecule has 1 heterocycles. The van der Waals surface area contributed by atoms with Gasteiger partial charge in [-0.3, -0.25) is 9.59 Å². The van der Waals surface area contributed by atoms with Crippen molar-refractivity contribution in [2.75, 3.05) is 18.1 Å². The van der Waals surface area contributed by atoms with Gasteiger partial charge in [-0.1, -0.05) is 12.1 Å². The third-order valence-corrected chi connectivity index (χ3v) is 5.14. The van der Waals surface area contributed by atoms with E-state index in [1.807, 2.05) is 36.8 Å². The zero-order valence-corrected chi connectivity index (χ0v) is 14.5. The molecule has 23 heavy (non-hydrogen) atoms. The van der Waals surface area contributed by atoms with E-state index in [1.165, 1.54) is 23.1 Å². The van der Waals surface area contributed by atoms with Crippen LogP contribution in [0.25, 0.3) is 0 Å². The van der Waals surface area contributed by atoms with Crippen molar-refractivity contribution in [3.63, 3.8) is 0 Å². The van der Waals surface area contributed by atoms with E-state index in [9.17, 15) is 14.7 Å². The topological polar surface area (TPSA) is 78.4 Å². The Balaban J connectivity index is 1.90. The van der Waals surface area contributed by atoms with Crippen molar-refractivity contribution in [2.24, 2.45) is 0 Å². The number of carbonyl (C=O) groups excluding carboxylic acids is 2. The standard InChI is InChI=1S/C16H18N2O3S2/c1-10-7-8-23-14(10)12(19)9-17-15(20)16(21)18-11-5-3-4-6-13(11)22-2/h3-8,12,19H,9H2,1-2H3,(H,17,20)(H,18,21)/t12-/m0/s1. The molecule has 0 saturated carbocycles. The minimum Gasteiger partial charge on any atom is -0.386 e. The van der Waals surface area contributed by atoms with E-state index in [0.717, 1.165) is 15.3 Å². The molecule has 2 aromatic rings. The van der Waals surface area contributed by atoms with Gasteiger partial charge in [0.25, 0.3) is 0 Å². The minimum atomic E-state index is -0.815. The summed E-state index contributed by atoms with van der Waals surface area (Å²) >= 11 is 2.90. The first-order chi connectivity index (χ1) is 11.0. The fraction of sp³-hybridized carbons (Fsp3) is 0.250. The summed E-state index contributed by atoms with van der Waals surface area (Å²) in [7, 11) is 0. The number of nitrogens with one attached hydrogen (secondary N) is 2. The SMILES string of the molecule is CSc1ccccc1NC(=O)C(=O)NC[C@H](O)c1sccc1C. The number of hydrogen-bond donors (Lipinski definition) is 3. The smallest absolute Gasteiger partial charge is 0.313 e. The van der Waals surface area contributed by atoms with Crippen LogP contribution in [0.3, 0.4) is 0 Å². The van der Waals surface area contributed by atoms with E-state index in [-0.39, 0.29) is 6.54 Å². The van der Waals surface area contributed by atoms with Gasteiger partial charge < -0.3 is 15.7 Å². The van der Waals surface area contributed by atoms with Crippen molar-refractivity contribution in [2.45, 2.75) is 17.9 Å². The molecular formula is C16H18N2O3S2. The lowest BCUT2D eigenvalue weighted by Crippen LogP contribution is -2.37. The lowest BCUT2D eigenvalue weighted by atomic mass is 10.2. The number of carbonyl (C=O) groups is 2. The number of rotatable bonds is 5. The minimum absolute atomic E-state index is 0.00220. The van der Waals surface area contributed by atoms with Crippen LogP contribution in [0.5, 0.6) is 0 Å². The Morgan fingerprint density at radius 1 is 1.26 bits per heavy atom. The van der Waals surface area contributed by atoms with Crippen molar-refractivity contribution in [3.05, 3.63) is 46.2 Å². The first kappa shape index (κ1) is 17.5. The van der Waals surface area contributed by atoms with E-state index in [1.54, 1.807) is 12.1 Å². The second-order valence-electron chi connectivity index (χ2n) is 4.85. The van der Waals surface area contributed by atoms with Crippen LogP contribution in [0.2, 0.25) is 0 Å². The molecule has 1 aromatic heterocycles. The van der Waals surface area contributed by atoms with Gasteiger partial charge in [-0.25, -0.2) is 0 Å². The van der Waals surface area contributed by atoms with Gasteiger partial charge in [0, 0.05) is 16.3 Å². The zero-order valence-electron chi connectivity index (χ0n) is 12.8. The maximum atomic E-state index is 11.9. The molecule has 5 nitrogen and oxygen atoms in total. The Morgan fingerprint density at radius 2 is 2.00 bits per heavy atom. The molecule has 0 aliphatic heterocycles. The normalized spacial score (nSPS) is 11.8. The van der Waals surface area contributed by atoms with E-state index in [0.29, 0.717) is 5.69 Å². The van der Waals surface area contributed by atoms with Crippen LogP contribution < -0.4 is 10.6 Å². The van der Waals surface area contributed by atoms with Crippen molar-refractivity contribution in [1.82, 2.24) is 5.32 Å². The molecule has 0 spiro atoms. The first-order valence-corrected chi connectivity index (χ1v) is 9.07. The van der Waals surface area contributed by atoms with Crippen LogP contribution in [-0.2, 0) is 9.59 Å². The lowest BCUT2D eigenvalue weighted by Gasteiger charge is -2.12. The third kappa shape index (κ3) is 4.57. The van der Waals surface area contributed by atoms with E-state index in [2.05, 4.69) is 10.6 Å². The number of para-hydroxylation sites is 1. The van der Waals surface area contributed by atoms with Gasteiger partial charge in [0.1, 0.15) is 6.10 Å². The molecule has 122 valence electrons. The molecule has 0 saturated heterocycles. The van der Waals surface area contributed by atoms with Crippen LogP contribution in [0.1, 0.15) is 16.5 Å². The number of thioether (sulfide) groups is 1. The molecule has 0 fully saturated rings. The summed E-state index contributed by atoms with van der Waals surface area (Å²) in [5.41, 5.74) is 1.56. The van der Waals surface area contributed by atoms with Crippen LogP contribution in [0, 0.1) is 6.92 Å². The Labute approximate surface area is 143 Å². The maximum Gasteiger partial charge on any atom is 0.313 e. The van der Waals surface area contributed by atoms with Crippen LogP contribution in [0.4, 0.5) is 5.69 Å². The molecule has 7 heteroatoms. The Morgan fingerprint density at radius 3 is 2.65 bits per heavy atom. The van der Waals surface area contributed by atoms with Crippen LogP contribution in [-0.4, -0.2) is 29.7 Å². The fourth-order valence-corrected chi connectivity index (χ4v) is 3.48. The third-order valence-electron chi connectivity index (χ3n) is 3.22. The highest BCUT2D eigenvalue weighted by molar-refractivity contribution is 7.98. The predicted molar refractivity (Wildman–Crippen MR) is 93.9 cm³/mol. The van der Waals surface area contributed by atoms with Gasteiger partial charge in [-0.2, -0.15) is 0 Å². The summed E-state index contributed by atoms with van der Waals surface area (Å²) in [5.74, 6) is -1.52. The molecule has 1 atom stereocenters. The zero-order chi connectivity index (χ0) is 16.8. The highest BCUT2D eigenvalue weighted by Crippen LogP contribution is 2.25. The average Bonchev–Trinajstić information content (AvgIpc) is 2.98. The molecule has 0 aliphatic carbocycles. The Bertz CT molecular complexity index is 700. The second-order valence-corrected chi connectivity index (χ2v) is 6.64. The molecule has 0 bridgehead atoms. The number of aliphatic hydroxyl groups excluding tert-OH is 1. The van der Waals surface area contributed by atoms with Gasteiger partial charge in [0.15, 0.2) is 0 Å². The van der Waals surface area contributed by atoms with E-state index in [4.69, 9.17) is 0 Å². The van der Waals surface area contributed by atoms with Gasteiger partial charge in [0.05, 0.1) is 5.69 Å². The number of anilines is 1. The van der Waals surface area contributed by atoms with Gasteiger partial charge in [0.2, 0.25) is 0 Å². The second kappa shape index (κ2) is 8.14. The van der Waals surface area contributed by atoms with Crippen molar-refractivity contribution < 1.29 is 14.7 Å². The lowest BCUT2D eigenvalue weighted by molar-refractivity contribution is -0.136. The quantitative estimate of drug-likeness (QED) is 0.572. The maximum absolute atomic E-state index is 11.9. The summed E-state index contributed by atoms with van der Waals surface area (Å²) in [6.45, 7) is 1.89. The number of aryl methyl sites for hydroxylation is 1. The summed E-state index contributed by atoms with van der Waals surface area (Å²) in [6, 6.07) is 9.15. The highest BCUT2D eigenvalue weighted by Gasteiger charge is 2.18. The number of thiophene rings is 1. The molecule has 3 N–H and O–H groups in total. The molecule has 2 rings (SSSR count). The Kier molecular flexibility index (Phi) is 6.20. The largest absolute Gasteiger partial charge is 0.386 e. The number of aliphatic hydroxyl groups is 1. The fourth-order valence-electron chi connectivity index (χ4n) is 2.02. The van der Waals surface area contributed by atoms with Crippen molar-refractivity contribution in [1.29, 1.82) is 0 Å². The molecule has 0 radical (unpaired) electrons. The number of amides is 2. The molecular weight excluding hydrogens is 332 g/mol. The van der Waals surface area contributed by atoms with Crippen LogP contribution in [0.15, 0.2) is 40.6 Å². The van der Waals surface area contributed by atoms with E-state index >= 15 is 0 Å². The molecule has 2 amide bonds. The Hall–Kier alpha value is -1.83. The number of benzene rings is 1. The number of hydrogen-bond acceptors (Lipinski definition) is 5. The summed E-state index contributed by atoms with van der Waals surface area (Å²) in [4.78, 5) is 25.5. The molecule has 0 unspecified atom stereocenters. The molecule has 1 aromatic carbocycles.